The fraction of sp³-hybridized carbons (Fsp3) is 0.250. The predicted octanol–water partition coefficient (Wildman–Crippen LogP) is 1.59. The van der Waals surface area contributed by atoms with Crippen LogP contribution < -0.4 is 11.5 Å². The lowest BCUT2D eigenvalue weighted by atomic mass is 9.92. The molecule has 1 aromatic carbocycles. The van der Waals surface area contributed by atoms with Gasteiger partial charge >= 0.3 is 5.97 Å². The summed E-state index contributed by atoms with van der Waals surface area (Å²) >= 11 is 0. The summed E-state index contributed by atoms with van der Waals surface area (Å²) in [5, 5.41) is 9.58. The first-order valence-corrected chi connectivity index (χ1v) is 7.84. The Bertz CT molecular complexity index is 826. The normalized spacial score (nSPS) is 11.7. The summed E-state index contributed by atoms with van der Waals surface area (Å²) in [6, 6.07) is 10.9. The van der Waals surface area contributed by atoms with Gasteiger partial charge in [0.1, 0.15) is 6.07 Å². The molecule has 1 aromatic rings. The minimum Gasteiger partial charge on any atom is -0.438 e. The molecular weight excluding hydrogens is 328 g/mol. The number of carbonyl (C=O) groups is 1. The summed E-state index contributed by atoms with van der Waals surface area (Å²) < 4.78 is 5.28. The molecule has 0 aliphatic carbocycles. The number of carbonyl (C=O) groups excluding carboxylic acids is 1. The highest BCUT2D eigenvalue weighted by atomic mass is 16.6. The van der Waals surface area contributed by atoms with Gasteiger partial charge in [0, 0.05) is 18.9 Å². The number of benzene rings is 1. The molecule has 1 atom stereocenters. The Hall–Kier alpha value is -3.69. The smallest absolute Gasteiger partial charge is 0.304 e. The third-order valence-electron chi connectivity index (χ3n) is 3.06. The number of hydrogen-bond acceptors (Lipinski definition) is 4. The molecule has 0 saturated heterocycles. The van der Waals surface area contributed by atoms with Crippen molar-refractivity contribution in [2.75, 3.05) is 6.54 Å². The van der Waals surface area contributed by atoms with Crippen LogP contribution in [-0.4, -0.2) is 18.5 Å². The summed E-state index contributed by atoms with van der Waals surface area (Å²) in [5.41, 5.74) is 9.55. The maximum atomic E-state index is 11.4. The van der Waals surface area contributed by atoms with E-state index in [1.54, 1.807) is 36.4 Å². The van der Waals surface area contributed by atoms with Gasteiger partial charge in [-0.3, -0.25) is 9.79 Å². The molecular formula is C20H20N4O2. The molecule has 0 aliphatic heterocycles. The van der Waals surface area contributed by atoms with Crippen molar-refractivity contribution in [3.05, 3.63) is 48.0 Å². The van der Waals surface area contributed by atoms with E-state index in [4.69, 9.17) is 16.2 Å². The molecule has 0 spiro atoms. The Kier molecular flexibility index (Phi) is 8.59. The van der Waals surface area contributed by atoms with E-state index in [0.29, 0.717) is 18.5 Å². The zero-order valence-electron chi connectivity index (χ0n) is 14.5. The van der Waals surface area contributed by atoms with Crippen molar-refractivity contribution in [2.45, 2.75) is 25.4 Å². The van der Waals surface area contributed by atoms with Crippen molar-refractivity contribution >= 4 is 11.9 Å². The molecule has 1 rings (SSSR count). The van der Waals surface area contributed by atoms with Crippen molar-refractivity contribution in [1.29, 1.82) is 5.26 Å². The highest BCUT2D eigenvalue weighted by molar-refractivity contribution is 5.75. The lowest BCUT2D eigenvalue weighted by Crippen LogP contribution is -2.29. The molecule has 6 heteroatoms. The lowest BCUT2D eigenvalue weighted by molar-refractivity contribution is -0.152. The molecule has 132 valence electrons. The molecule has 6 nitrogen and oxygen atoms in total. The van der Waals surface area contributed by atoms with Crippen LogP contribution in [0.4, 0.5) is 0 Å². The second-order valence-corrected chi connectivity index (χ2v) is 5.11. The van der Waals surface area contributed by atoms with E-state index >= 15 is 0 Å². The molecule has 0 saturated carbocycles. The van der Waals surface area contributed by atoms with E-state index in [-0.39, 0.29) is 12.4 Å². The van der Waals surface area contributed by atoms with Gasteiger partial charge in [0.25, 0.3) is 0 Å². The van der Waals surface area contributed by atoms with Crippen LogP contribution in [0.25, 0.3) is 0 Å². The molecule has 26 heavy (non-hydrogen) atoms. The molecule has 0 amide bonds. The van der Waals surface area contributed by atoms with Crippen LogP contribution >= 0.6 is 0 Å². The molecule has 4 N–H and O–H groups in total. The van der Waals surface area contributed by atoms with Crippen LogP contribution in [0.1, 0.15) is 25.3 Å². The average Bonchev–Trinajstić information content (AvgIpc) is 2.62. The van der Waals surface area contributed by atoms with Gasteiger partial charge in [-0.1, -0.05) is 54.0 Å². The Labute approximate surface area is 153 Å². The number of nitrogens with two attached hydrogens (primary N) is 2. The SMILES string of the molecule is CC(=O)OC(C#N)(CC#C/C=C/C#CCCN=C(N)N)c1ccccc1. The molecule has 0 heterocycles. The van der Waals surface area contributed by atoms with Crippen LogP contribution in [0.5, 0.6) is 0 Å². The third-order valence-corrected chi connectivity index (χ3v) is 3.06. The standard InChI is InChI=1S/C20H20N4O2/c1-17(25)26-20(16-21,18-12-8-7-9-13-18)14-10-5-3-2-4-6-11-15-24-19(22)23/h2-3,7-9,12-13H,11,14-15H2,1H3,(H4,22,23,24)/b3-2+. The van der Waals surface area contributed by atoms with Crippen molar-refractivity contribution < 1.29 is 9.53 Å². The van der Waals surface area contributed by atoms with E-state index < -0.39 is 11.6 Å². The fourth-order valence-electron chi connectivity index (χ4n) is 1.97. The second-order valence-electron chi connectivity index (χ2n) is 5.11. The molecule has 0 aliphatic rings. The summed E-state index contributed by atoms with van der Waals surface area (Å²) in [5.74, 6) is 10.8. The summed E-state index contributed by atoms with van der Waals surface area (Å²) in [4.78, 5) is 15.2. The minimum atomic E-state index is -1.43. The third kappa shape index (κ3) is 7.25. The number of esters is 1. The van der Waals surface area contributed by atoms with Gasteiger partial charge in [-0.2, -0.15) is 5.26 Å². The molecule has 1 unspecified atom stereocenters. The van der Waals surface area contributed by atoms with Crippen LogP contribution in [0.2, 0.25) is 0 Å². The first kappa shape index (κ1) is 20.4. The predicted molar refractivity (Wildman–Crippen MR) is 100 cm³/mol. The van der Waals surface area contributed by atoms with Gasteiger partial charge in [-0.25, -0.2) is 0 Å². The molecule has 0 bridgehead atoms. The molecule has 0 radical (unpaired) electrons. The number of hydrogen-bond donors (Lipinski definition) is 2. The van der Waals surface area contributed by atoms with Crippen LogP contribution in [0.3, 0.4) is 0 Å². The van der Waals surface area contributed by atoms with E-state index in [2.05, 4.69) is 34.7 Å². The maximum absolute atomic E-state index is 11.4. The van der Waals surface area contributed by atoms with E-state index in [1.807, 2.05) is 6.07 Å². The van der Waals surface area contributed by atoms with Crippen molar-refractivity contribution in [3.63, 3.8) is 0 Å². The first-order chi connectivity index (χ1) is 12.5. The maximum Gasteiger partial charge on any atom is 0.304 e. The largest absolute Gasteiger partial charge is 0.438 e. The van der Waals surface area contributed by atoms with Crippen molar-refractivity contribution in [3.8, 4) is 29.8 Å². The number of rotatable bonds is 5. The van der Waals surface area contributed by atoms with Gasteiger partial charge < -0.3 is 16.2 Å². The van der Waals surface area contributed by atoms with Gasteiger partial charge in [0.2, 0.25) is 5.60 Å². The Morgan fingerprint density at radius 2 is 1.88 bits per heavy atom. The van der Waals surface area contributed by atoms with Gasteiger partial charge in [0.05, 0.1) is 13.0 Å². The van der Waals surface area contributed by atoms with Crippen molar-refractivity contribution in [1.82, 2.24) is 0 Å². The summed E-state index contributed by atoms with van der Waals surface area (Å²) in [6.45, 7) is 1.71. The quantitative estimate of drug-likeness (QED) is 0.276. The van der Waals surface area contributed by atoms with Crippen LogP contribution in [0, 0.1) is 35.0 Å². The second kappa shape index (κ2) is 11.0. The highest BCUT2D eigenvalue weighted by Crippen LogP contribution is 2.28. The number of allylic oxidation sites excluding steroid dienone is 2. The van der Waals surface area contributed by atoms with E-state index in [9.17, 15) is 10.1 Å². The lowest BCUT2D eigenvalue weighted by Gasteiger charge is -2.24. The van der Waals surface area contributed by atoms with Crippen LogP contribution in [0.15, 0.2) is 47.5 Å². The zero-order chi connectivity index (χ0) is 19.3. The number of guanidine groups is 1. The number of nitrogens with zero attached hydrogens (tertiary/aromatic N) is 2. The first-order valence-electron chi connectivity index (χ1n) is 7.84. The monoisotopic (exact) mass is 348 g/mol. The van der Waals surface area contributed by atoms with Gasteiger partial charge in [-0.15, -0.1) is 0 Å². The summed E-state index contributed by atoms with van der Waals surface area (Å²) in [7, 11) is 0. The van der Waals surface area contributed by atoms with E-state index in [1.165, 1.54) is 6.92 Å². The zero-order valence-corrected chi connectivity index (χ0v) is 14.5. The van der Waals surface area contributed by atoms with Gasteiger partial charge in [0.15, 0.2) is 5.96 Å². The Morgan fingerprint density at radius 3 is 2.46 bits per heavy atom. The van der Waals surface area contributed by atoms with Crippen molar-refractivity contribution in [2.24, 2.45) is 16.5 Å². The number of nitriles is 1. The molecule has 0 fully saturated rings. The van der Waals surface area contributed by atoms with Gasteiger partial charge in [-0.05, 0) is 12.2 Å². The fourth-order valence-corrected chi connectivity index (χ4v) is 1.97. The minimum absolute atomic E-state index is 0.0420. The van der Waals surface area contributed by atoms with Crippen LogP contribution in [-0.2, 0) is 15.1 Å². The highest BCUT2D eigenvalue weighted by Gasteiger charge is 2.35. The average molecular weight is 348 g/mol. The topological polar surface area (TPSA) is 114 Å². The Morgan fingerprint density at radius 1 is 1.23 bits per heavy atom. The van der Waals surface area contributed by atoms with E-state index in [0.717, 1.165) is 0 Å². The number of aliphatic imine (C=N–C) groups is 1. The number of ether oxygens (including phenoxy) is 1. The summed E-state index contributed by atoms with van der Waals surface area (Å²) in [6.07, 6.45) is 3.74. The Balaban J connectivity index is 2.75. The molecule has 0 aromatic heterocycles.